The fraction of sp³-hybridized carbons (Fsp3) is 0.318. The number of nitrogens with zero attached hydrogens (tertiary/aromatic N) is 1. The van der Waals surface area contributed by atoms with Gasteiger partial charge in [0.1, 0.15) is 6.04 Å². The molecule has 1 aliphatic rings. The molecule has 1 heterocycles. The van der Waals surface area contributed by atoms with Crippen molar-refractivity contribution < 1.29 is 19.1 Å². The minimum atomic E-state index is -0.864. The van der Waals surface area contributed by atoms with Gasteiger partial charge in [-0.3, -0.25) is 14.4 Å². The average Bonchev–Trinajstić information content (AvgIpc) is 2.73. The smallest absolute Gasteiger partial charge is 0.308 e. The van der Waals surface area contributed by atoms with Crippen molar-refractivity contribution in [2.45, 2.75) is 25.3 Å². The highest BCUT2D eigenvalue weighted by molar-refractivity contribution is 9.10. The van der Waals surface area contributed by atoms with E-state index in [1.165, 1.54) is 10.5 Å². The highest BCUT2D eigenvalue weighted by Gasteiger charge is 2.35. The monoisotopic (exact) mass is 458 g/mol. The number of piperazine rings is 1. The van der Waals surface area contributed by atoms with Crippen LogP contribution in [-0.4, -0.2) is 48.4 Å². The van der Waals surface area contributed by atoms with Crippen LogP contribution < -0.4 is 5.32 Å². The fourth-order valence-corrected chi connectivity index (χ4v) is 3.67. The molecule has 1 fully saturated rings. The van der Waals surface area contributed by atoms with Crippen molar-refractivity contribution in [3.63, 3.8) is 0 Å². The van der Waals surface area contributed by atoms with Gasteiger partial charge in [-0.05, 0) is 36.6 Å². The highest BCUT2D eigenvalue weighted by atomic mass is 79.9. The van der Waals surface area contributed by atoms with Crippen molar-refractivity contribution in [2.75, 3.05) is 19.7 Å². The summed E-state index contributed by atoms with van der Waals surface area (Å²) in [4.78, 5) is 38.9. The molecule has 2 amide bonds. The summed E-state index contributed by atoms with van der Waals surface area (Å²) in [5, 5.41) is 2.72. The third-order valence-electron chi connectivity index (χ3n) is 4.74. The van der Waals surface area contributed by atoms with Crippen LogP contribution in [0.3, 0.4) is 0 Å². The van der Waals surface area contributed by atoms with Crippen LogP contribution >= 0.6 is 15.9 Å². The standard InChI is InChI=1S/C22H23BrN2O4/c23-18-10-4-9-17(14-18)22(28)25-12-11-24-21(27)19(25)15-20(26)29-13-5-8-16-6-2-1-3-7-16/h1-4,6-7,9-10,14,19H,5,8,11-13,15H2,(H,24,27). The first kappa shape index (κ1) is 21.0. The Morgan fingerprint density at radius 1 is 1.14 bits per heavy atom. The number of carbonyl (C=O) groups excluding carboxylic acids is 3. The van der Waals surface area contributed by atoms with E-state index < -0.39 is 12.0 Å². The number of amides is 2. The Balaban J connectivity index is 1.55. The van der Waals surface area contributed by atoms with Crippen molar-refractivity contribution in [2.24, 2.45) is 0 Å². The molecule has 6 nitrogen and oxygen atoms in total. The number of hydrogen-bond acceptors (Lipinski definition) is 4. The molecule has 1 atom stereocenters. The van der Waals surface area contributed by atoms with Gasteiger partial charge in [-0.2, -0.15) is 0 Å². The van der Waals surface area contributed by atoms with E-state index in [-0.39, 0.29) is 24.8 Å². The van der Waals surface area contributed by atoms with Gasteiger partial charge in [-0.15, -0.1) is 0 Å². The van der Waals surface area contributed by atoms with Crippen LogP contribution in [0.2, 0.25) is 0 Å². The van der Waals surface area contributed by atoms with Gasteiger partial charge in [0.25, 0.3) is 5.91 Å². The third kappa shape index (κ3) is 5.90. The molecule has 2 aromatic carbocycles. The number of ether oxygens (including phenoxy) is 1. The molecule has 0 bridgehead atoms. The Labute approximate surface area is 178 Å². The summed E-state index contributed by atoms with van der Waals surface area (Å²) in [5.74, 6) is -1.09. The van der Waals surface area contributed by atoms with Crippen LogP contribution in [0.1, 0.15) is 28.8 Å². The molecule has 0 radical (unpaired) electrons. The molecule has 0 aliphatic carbocycles. The van der Waals surface area contributed by atoms with Crippen molar-refractivity contribution in [1.82, 2.24) is 10.2 Å². The van der Waals surface area contributed by atoms with Gasteiger partial charge in [-0.25, -0.2) is 0 Å². The molecule has 1 unspecified atom stereocenters. The van der Waals surface area contributed by atoms with E-state index in [2.05, 4.69) is 21.2 Å². The first-order chi connectivity index (χ1) is 14.0. The second-order valence-electron chi connectivity index (χ2n) is 6.83. The zero-order valence-electron chi connectivity index (χ0n) is 16.0. The van der Waals surface area contributed by atoms with Crippen molar-refractivity contribution in [3.8, 4) is 0 Å². The summed E-state index contributed by atoms with van der Waals surface area (Å²) in [6.45, 7) is 0.992. The molecule has 3 rings (SSSR count). The molecule has 1 N–H and O–H groups in total. The number of nitrogens with one attached hydrogen (secondary N) is 1. The summed E-state index contributed by atoms with van der Waals surface area (Å²) >= 11 is 3.35. The van der Waals surface area contributed by atoms with Gasteiger partial charge >= 0.3 is 5.97 Å². The number of esters is 1. The molecule has 0 aromatic heterocycles. The lowest BCUT2D eigenvalue weighted by Gasteiger charge is -2.34. The minimum Gasteiger partial charge on any atom is -0.466 e. The lowest BCUT2D eigenvalue weighted by Crippen LogP contribution is -2.57. The van der Waals surface area contributed by atoms with E-state index in [0.717, 1.165) is 10.9 Å². The van der Waals surface area contributed by atoms with Gasteiger partial charge in [0.15, 0.2) is 0 Å². The normalized spacial score (nSPS) is 16.2. The maximum absolute atomic E-state index is 12.9. The molecule has 1 aliphatic heterocycles. The average molecular weight is 459 g/mol. The quantitative estimate of drug-likeness (QED) is 0.511. The zero-order valence-corrected chi connectivity index (χ0v) is 17.6. The Kier molecular flexibility index (Phi) is 7.41. The number of aryl methyl sites for hydroxylation is 1. The Morgan fingerprint density at radius 3 is 2.69 bits per heavy atom. The molecule has 29 heavy (non-hydrogen) atoms. The summed E-state index contributed by atoms with van der Waals surface area (Å²) in [7, 11) is 0. The summed E-state index contributed by atoms with van der Waals surface area (Å²) in [5.41, 5.74) is 1.65. The van der Waals surface area contributed by atoms with Crippen LogP contribution in [-0.2, 0) is 20.7 Å². The van der Waals surface area contributed by atoms with E-state index in [1.807, 2.05) is 36.4 Å². The van der Waals surface area contributed by atoms with Gasteiger partial charge in [0.05, 0.1) is 13.0 Å². The van der Waals surface area contributed by atoms with E-state index >= 15 is 0 Å². The van der Waals surface area contributed by atoms with Crippen LogP contribution in [0.15, 0.2) is 59.1 Å². The molecular formula is C22H23BrN2O4. The van der Waals surface area contributed by atoms with Crippen molar-refractivity contribution >= 4 is 33.7 Å². The lowest BCUT2D eigenvalue weighted by atomic mass is 10.1. The van der Waals surface area contributed by atoms with Crippen molar-refractivity contribution in [3.05, 3.63) is 70.2 Å². The summed E-state index contributed by atoms with van der Waals surface area (Å²) < 4.78 is 6.08. The number of carbonyl (C=O) groups is 3. The Hall–Kier alpha value is -2.67. The predicted octanol–water partition coefficient (Wildman–Crippen LogP) is 2.96. The first-order valence-electron chi connectivity index (χ1n) is 9.58. The van der Waals surface area contributed by atoms with Crippen LogP contribution in [0.4, 0.5) is 0 Å². The second kappa shape index (κ2) is 10.2. The molecular weight excluding hydrogens is 436 g/mol. The van der Waals surface area contributed by atoms with Gasteiger partial charge in [0.2, 0.25) is 5.91 Å². The third-order valence-corrected chi connectivity index (χ3v) is 5.23. The van der Waals surface area contributed by atoms with Crippen LogP contribution in [0, 0.1) is 0 Å². The maximum atomic E-state index is 12.9. The maximum Gasteiger partial charge on any atom is 0.308 e. The Bertz CT molecular complexity index is 872. The number of benzene rings is 2. The SMILES string of the molecule is O=C(CC1C(=O)NCCN1C(=O)c1cccc(Br)c1)OCCCc1ccccc1. The highest BCUT2D eigenvalue weighted by Crippen LogP contribution is 2.18. The predicted molar refractivity (Wildman–Crippen MR) is 112 cm³/mol. The van der Waals surface area contributed by atoms with Crippen LogP contribution in [0.25, 0.3) is 0 Å². The molecule has 1 saturated heterocycles. The summed E-state index contributed by atoms with van der Waals surface area (Å²) in [6.07, 6.45) is 1.36. The molecule has 0 spiro atoms. The number of halogens is 1. The molecule has 152 valence electrons. The van der Waals surface area contributed by atoms with Gasteiger partial charge in [0, 0.05) is 23.1 Å². The minimum absolute atomic E-state index is 0.156. The molecule has 7 heteroatoms. The zero-order chi connectivity index (χ0) is 20.6. The number of hydrogen-bond donors (Lipinski definition) is 1. The Morgan fingerprint density at radius 2 is 1.93 bits per heavy atom. The van der Waals surface area contributed by atoms with E-state index in [0.29, 0.717) is 25.1 Å². The van der Waals surface area contributed by atoms with Crippen molar-refractivity contribution in [1.29, 1.82) is 0 Å². The van der Waals surface area contributed by atoms with Crippen LogP contribution in [0.5, 0.6) is 0 Å². The first-order valence-corrected chi connectivity index (χ1v) is 10.4. The molecule has 2 aromatic rings. The number of rotatable bonds is 7. The van der Waals surface area contributed by atoms with E-state index in [1.54, 1.807) is 18.2 Å². The fourth-order valence-electron chi connectivity index (χ4n) is 3.27. The summed E-state index contributed by atoms with van der Waals surface area (Å²) in [6, 6.07) is 16.1. The van der Waals surface area contributed by atoms with Gasteiger partial charge < -0.3 is 15.0 Å². The van der Waals surface area contributed by atoms with E-state index in [9.17, 15) is 14.4 Å². The largest absolute Gasteiger partial charge is 0.466 e. The second-order valence-corrected chi connectivity index (χ2v) is 7.75. The van der Waals surface area contributed by atoms with Gasteiger partial charge in [-0.1, -0.05) is 52.3 Å². The lowest BCUT2D eigenvalue weighted by molar-refractivity contribution is -0.147. The van der Waals surface area contributed by atoms with E-state index in [4.69, 9.17) is 4.74 Å². The topological polar surface area (TPSA) is 75.7 Å². The molecule has 0 saturated carbocycles.